The van der Waals surface area contributed by atoms with Gasteiger partial charge in [-0.2, -0.15) is 0 Å². The van der Waals surface area contributed by atoms with E-state index in [1.54, 1.807) is 11.8 Å². The number of carbonyl (C=O) groups excluding carboxylic acids is 1. The SMILES string of the molecule is CC(C)OCC(=O)N1CC(C(C)C(=O)O)C1. The normalized spacial score (nSPS) is 18.4. The van der Waals surface area contributed by atoms with Gasteiger partial charge in [-0.3, -0.25) is 9.59 Å². The fraction of sp³-hybridized carbons (Fsp3) is 0.818. The summed E-state index contributed by atoms with van der Waals surface area (Å²) in [5, 5.41) is 8.79. The summed E-state index contributed by atoms with van der Waals surface area (Å²) in [5.74, 6) is -1.14. The largest absolute Gasteiger partial charge is 0.481 e. The second-order valence-electron chi connectivity index (χ2n) is 4.55. The highest BCUT2D eigenvalue weighted by Crippen LogP contribution is 2.23. The molecular weight excluding hydrogens is 210 g/mol. The lowest BCUT2D eigenvalue weighted by Crippen LogP contribution is -2.54. The van der Waals surface area contributed by atoms with Gasteiger partial charge in [-0.25, -0.2) is 0 Å². The molecule has 1 rings (SSSR count). The van der Waals surface area contributed by atoms with Crippen molar-refractivity contribution < 1.29 is 19.4 Å². The van der Waals surface area contributed by atoms with Crippen molar-refractivity contribution in [3.05, 3.63) is 0 Å². The minimum atomic E-state index is -0.796. The van der Waals surface area contributed by atoms with Crippen molar-refractivity contribution in [2.45, 2.75) is 26.9 Å². The second-order valence-corrected chi connectivity index (χ2v) is 4.55. The first kappa shape index (κ1) is 13.0. The van der Waals surface area contributed by atoms with Crippen LogP contribution in [0.25, 0.3) is 0 Å². The second kappa shape index (κ2) is 5.30. The van der Waals surface area contributed by atoms with Crippen molar-refractivity contribution in [2.24, 2.45) is 11.8 Å². The minimum Gasteiger partial charge on any atom is -0.481 e. The van der Waals surface area contributed by atoms with Crippen LogP contribution in [0.3, 0.4) is 0 Å². The summed E-state index contributed by atoms with van der Waals surface area (Å²) in [4.78, 5) is 23.9. The van der Waals surface area contributed by atoms with E-state index < -0.39 is 5.97 Å². The van der Waals surface area contributed by atoms with E-state index in [1.165, 1.54) is 0 Å². The fourth-order valence-corrected chi connectivity index (χ4v) is 1.56. The Bertz CT molecular complexity index is 271. The molecule has 5 nitrogen and oxygen atoms in total. The topological polar surface area (TPSA) is 66.8 Å². The number of amides is 1. The summed E-state index contributed by atoms with van der Waals surface area (Å²) in [6.45, 7) is 6.59. The highest BCUT2D eigenvalue weighted by atomic mass is 16.5. The predicted molar refractivity (Wildman–Crippen MR) is 58.0 cm³/mol. The Kier molecular flexibility index (Phi) is 4.29. The van der Waals surface area contributed by atoms with E-state index in [4.69, 9.17) is 9.84 Å². The van der Waals surface area contributed by atoms with Crippen LogP contribution in [0.4, 0.5) is 0 Å². The smallest absolute Gasteiger partial charge is 0.306 e. The number of rotatable bonds is 5. The molecule has 0 aromatic heterocycles. The van der Waals surface area contributed by atoms with E-state index >= 15 is 0 Å². The van der Waals surface area contributed by atoms with Gasteiger partial charge in [-0.1, -0.05) is 6.92 Å². The molecule has 0 aromatic carbocycles. The van der Waals surface area contributed by atoms with Crippen LogP contribution in [-0.4, -0.2) is 47.7 Å². The van der Waals surface area contributed by atoms with Crippen molar-refractivity contribution in [1.82, 2.24) is 4.90 Å². The lowest BCUT2D eigenvalue weighted by Gasteiger charge is -2.41. The van der Waals surface area contributed by atoms with E-state index in [1.807, 2.05) is 13.8 Å². The molecule has 1 fully saturated rings. The average molecular weight is 229 g/mol. The average Bonchev–Trinajstić information content (AvgIpc) is 2.11. The highest BCUT2D eigenvalue weighted by molar-refractivity contribution is 5.79. The molecule has 5 heteroatoms. The van der Waals surface area contributed by atoms with Gasteiger partial charge in [0.1, 0.15) is 6.61 Å². The molecule has 1 saturated heterocycles. The molecule has 0 saturated carbocycles. The molecule has 1 heterocycles. The van der Waals surface area contributed by atoms with Crippen molar-refractivity contribution >= 4 is 11.9 Å². The summed E-state index contributed by atoms with van der Waals surface area (Å²) in [5.41, 5.74) is 0. The predicted octanol–water partition coefficient (Wildman–Crippen LogP) is 0.591. The number of aliphatic carboxylic acids is 1. The Labute approximate surface area is 95.4 Å². The first-order valence-corrected chi connectivity index (χ1v) is 5.54. The first-order chi connectivity index (χ1) is 7.41. The zero-order valence-corrected chi connectivity index (χ0v) is 9.97. The molecule has 0 aromatic rings. The van der Waals surface area contributed by atoms with Crippen LogP contribution in [-0.2, 0) is 14.3 Å². The number of carboxylic acid groups (broad SMARTS) is 1. The number of nitrogens with zero attached hydrogens (tertiary/aromatic N) is 1. The Balaban J connectivity index is 2.25. The van der Waals surface area contributed by atoms with E-state index in [-0.39, 0.29) is 30.5 Å². The molecule has 0 spiro atoms. The van der Waals surface area contributed by atoms with Crippen LogP contribution in [0.5, 0.6) is 0 Å². The molecule has 0 aliphatic carbocycles. The van der Waals surface area contributed by atoms with Gasteiger partial charge in [-0.15, -0.1) is 0 Å². The van der Waals surface area contributed by atoms with Crippen molar-refractivity contribution in [1.29, 1.82) is 0 Å². The Morgan fingerprint density at radius 1 is 1.38 bits per heavy atom. The Morgan fingerprint density at radius 3 is 2.38 bits per heavy atom. The van der Waals surface area contributed by atoms with E-state index in [0.717, 1.165) is 0 Å². The maximum absolute atomic E-state index is 11.5. The number of likely N-dealkylation sites (tertiary alicyclic amines) is 1. The molecule has 1 N–H and O–H groups in total. The van der Waals surface area contributed by atoms with Crippen molar-refractivity contribution in [2.75, 3.05) is 19.7 Å². The van der Waals surface area contributed by atoms with Crippen molar-refractivity contribution in [3.8, 4) is 0 Å². The lowest BCUT2D eigenvalue weighted by atomic mass is 9.87. The number of ether oxygens (including phenoxy) is 1. The standard InChI is InChI=1S/C11H19NO4/c1-7(2)16-6-10(13)12-4-9(5-12)8(3)11(14)15/h7-9H,4-6H2,1-3H3,(H,14,15). The van der Waals surface area contributed by atoms with Crippen LogP contribution in [0.15, 0.2) is 0 Å². The molecule has 1 unspecified atom stereocenters. The lowest BCUT2D eigenvalue weighted by molar-refractivity contribution is -0.153. The summed E-state index contributed by atoms with van der Waals surface area (Å²) < 4.78 is 5.20. The van der Waals surface area contributed by atoms with Crippen LogP contribution >= 0.6 is 0 Å². The molecule has 1 atom stereocenters. The van der Waals surface area contributed by atoms with E-state index in [9.17, 15) is 9.59 Å². The Morgan fingerprint density at radius 2 is 1.94 bits per heavy atom. The first-order valence-electron chi connectivity index (χ1n) is 5.54. The molecule has 92 valence electrons. The van der Waals surface area contributed by atoms with Crippen LogP contribution in [0.2, 0.25) is 0 Å². The molecular formula is C11H19NO4. The number of carbonyl (C=O) groups is 2. The van der Waals surface area contributed by atoms with Gasteiger partial charge in [0.2, 0.25) is 5.91 Å². The van der Waals surface area contributed by atoms with Gasteiger partial charge >= 0.3 is 5.97 Å². The fourth-order valence-electron chi connectivity index (χ4n) is 1.56. The molecule has 1 aliphatic heterocycles. The van der Waals surface area contributed by atoms with Crippen LogP contribution in [0, 0.1) is 11.8 Å². The molecule has 16 heavy (non-hydrogen) atoms. The van der Waals surface area contributed by atoms with Crippen molar-refractivity contribution in [3.63, 3.8) is 0 Å². The van der Waals surface area contributed by atoms with Crippen LogP contribution in [0.1, 0.15) is 20.8 Å². The monoisotopic (exact) mass is 229 g/mol. The van der Waals surface area contributed by atoms with Gasteiger partial charge < -0.3 is 14.7 Å². The quantitative estimate of drug-likeness (QED) is 0.749. The van der Waals surface area contributed by atoms with Gasteiger partial charge in [0, 0.05) is 19.0 Å². The third kappa shape index (κ3) is 3.20. The summed E-state index contributed by atoms with van der Waals surface area (Å²) >= 11 is 0. The number of hydrogen-bond donors (Lipinski definition) is 1. The summed E-state index contributed by atoms with van der Waals surface area (Å²) in [6, 6.07) is 0. The van der Waals surface area contributed by atoms with E-state index in [2.05, 4.69) is 0 Å². The zero-order valence-electron chi connectivity index (χ0n) is 9.97. The van der Waals surface area contributed by atoms with Gasteiger partial charge in [-0.05, 0) is 13.8 Å². The maximum atomic E-state index is 11.5. The molecule has 0 bridgehead atoms. The molecule has 1 amide bonds. The van der Waals surface area contributed by atoms with E-state index in [0.29, 0.717) is 13.1 Å². The number of hydrogen-bond acceptors (Lipinski definition) is 3. The maximum Gasteiger partial charge on any atom is 0.306 e. The third-order valence-corrected chi connectivity index (χ3v) is 2.90. The highest BCUT2D eigenvalue weighted by Gasteiger charge is 2.36. The zero-order chi connectivity index (χ0) is 12.3. The van der Waals surface area contributed by atoms with Gasteiger partial charge in [0.25, 0.3) is 0 Å². The Hall–Kier alpha value is -1.10. The summed E-state index contributed by atoms with van der Waals surface area (Å²) in [6.07, 6.45) is 0.0407. The van der Waals surface area contributed by atoms with Gasteiger partial charge in [0.15, 0.2) is 0 Å². The molecule has 0 radical (unpaired) electrons. The number of carboxylic acids is 1. The third-order valence-electron chi connectivity index (χ3n) is 2.90. The van der Waals surface area contributed by atoms with Gasteiger partial charge in [0.05, 0.1) is 12.0 Å². The summed E-state index contributed by atoms with van der Waals surface area (Å²) in [7, 11) is 0. The van der Waals surface area contributed by atoms with Crippen LogP contribution < -0.4 is 0 Å². The molecule has 1 aliphatic rings. The minimum absolute atomic E-state index is 0.0407.